The molecule has 0 unspecified atom stereocenters. The van der Waals surface area contributed by atoms with E-state index >= 15 is 0 Å². The molecule has 0 amide bonds. The Labute approximate surface area is 181 Å². The highest BCUT2D eigenvalue weighted by Gasteiger charge is 2.22. The molecule has 0 aliphatic rings. The summed E-state index contributed by atoms with van der Waals surface area (Å²) in [4.78, 5) is 4.47. The summed E-state index contributed by atoms with van der Waals surface area (Å²) in [6.07, 6.45) is 0. The second kappa shape index (κ2) is 11.2. The van der Waals surface area contributed by atoms with Crippen molar-refractivity contribution in [1.29, 1.82) is 0 Å². The van der Waals surface area contributed by atoms with Crippen LogP contribution in [0.3, 0.4) is 0 Å². The molecule has 9 heteroatoms. The van der Waals surface area contributed by atoms with Crippen molar-refractivity contribution < 1.29 is 13.2 Å². The Bertz CT molecular complexity index is 704. The Morgan fingerprint density at radius 1 is 1.22 bits per heavy atom. The van der Waals surface area contributed by atoms with Crippen LogP contribution >= 0.6 is 24.0 Å². The molecule has 0 saturated carbocycles. The number of rotatable bonds is 8. The lowest BCUT2D eigenvalue weighted by molar-refractivity contribution is 0.0268. The quantitative estimate of drug-likeness (QED) is 0.318. The van der Waals surface area contributed by atoms with E-state index in [4.69, 9.17) is 4.74 Å². The molecule has 7 nitrogen and oxygen atoms in total. The van der Waals surface area contributed by atoms with E-state index in [-0.39, 0.29) is 35.6 Å². The first kappa shape index (κ1) is 26.1. The van der Waals surface area contributed by atoms with Crippen LogP contribution in [0.25, 0.3) is 0 Å². The lowest BCUT2D eigenvalue weighted by Crippen LogP contribution is -2.45. The largest absolute Gasteiger partial charge is 0.377 e. The molecule has 0 aromatic heterocycles. The van der Waals surface area contributed by atoms with Crippen molar-refractivity contribution in [1.82, 2.24) is 14.9 Å². The van der Waals surface area contributed by atoms with Gasteiger partial charge in [-0.25, -0.2) is 8.42 Å². The maximum atomic E-state index is 12.5. The van der Waals surface area contributed by atoms with Crippen molar-refractivity contribution in [3.63, 3.8) is 0 Å². The van der Waals surface area contributed by atoms with Crippen LogP contribution in [0.2, 0.25) is 0 Å². The van der Waals surface area contributed by atoms with Crippen LogP contribution in [0.5, 0.6) is 0 Å². The molecule has 0 aliphatic carbocycles. The average Bonchev–Trinajstić information content (AvgIpc) is 2.61. The van der Waals surface area contributed by atoms with Crippen molar-refractivity contribution in [3.8, 4) is 0 Å². The van der Waals surface area contributed by atoms with Crippen LogP contribution in [0, 0.1) is 0 Å². The summed E-state index contributed by atoms with van der Waals surface area (Å²) in [7, 11) is 1.51. The van der Waals surface area contributed by atoms with Gasteiger partial charge in [-0.1, -0.05) is 12.1 Å². The highest BCUT2D eigenvalue weighted by atomic mass is 127. The van der Waals surface area contributed by atoms with E-state index in [2.05, 4.69) is 15.6 Å². The molecular formula is C18H33IN4O3S. The number of nitrogens with zero attached hydrogens (tertiary/aromatic N) is 2. The van der Waals surface area contributed by atoms with E-state index < -0.39 is 10.0 Å². The maximum Gasteiger partial charge on any atom is 0.243 e. The number of aliphatic imine (C=N–C) groups is 1. The first-order chi connectivity index (χ1) is 12.0. The minimum absolute atomic E-state index is 0. The van der Waals surface area contributed by atoms with Crippen molar-refractivity contribution in [3.05, 3.63) is 29.8 Å². The van der Waals surface area contributed by atoms with E-state index in [9.17, 15) is 8.42 Å². The van der Waals surface area contributed by atoms with Gasteiger partial charge in [-0.05, 0) is 45.4 Å². The van der Waals surface area contributed by atoms with Crippen LogP contribution in [0.15, 0.2) is 34.2 Å². The highest BCUT2D eigenvalue weighted by Crippen LogP contribution is 2.17. The second-order valence-corrected chi connectivity index (χ2v) is 9.00. The molecule has 0 atom stereocenters. The number of hydrogen-bond acceptors (Lipinski definition) is 4. The lowest BCUT2D eigenvalue weighted by atomic mass is 10.1. The summed E-state index contributed by atoms with van der Waals surface area (Å²) in [5.41, 5.74) is 0.667. The minimum Gasteiger partial charge on any atom is -0.377 e. The molecule has 0 radical (unpaired) electrons. The monoisotopic (exact) mass is 512 g/mol. The summed E-state index contributed by atoms with van der Waals surface area (Å²) >= 11 is 0. The SMILES string of the molecule is CN=C(NCc1ccc(S(=O)(=O)N(C)C(C)C)cc1)NCC(C)(C)OC.I. The van der Waals surface area contributed by atoms with Gasteiger partial charge in [-0.15, -0.1) is 24.0 Å². The fourth-order valence-corrected chi connectivity index (χ4v) is 3.37. The molecule has 1 rings (SSSR count). The number of ether oxygens (including phenoxy) is 1. The van der Waals surface area contributed by atoms with Gasteiger partial charge in [0, 0.05) is 40.3 Å². The Hall–Kier alpha value is -0.910. The number of hydrogen-bond donors (Lipinski definition) is 2. The number of methoxy groups -OCH3 is 1. The third-order valence-corrected chi connectivity index (χ3v) is 6.29. The van der Waals surface area contributed by atoms with Crippen LogP contribution in [-0.4, -0.2) is 58.1 Å². The molecule has 0 saturated heterocycles. The standard InChI is InChI=1S/C18H32N4O3S.HI/c1-14(2)22(6)26(23,24)16-10-8-15(9-11-16)12-20-17(19-5)21-13-18(3,4)25-7;/h8-11,14H,12-13H2,1-7H3,(H2,19,20,21);1H. The van der Waals surface area contributed by atoms with Gasteiger partial charge < -0.3 is 15.4 Å². The molecule has 1 aromatic rings. The van der Waals surface area contributed by atoms with Crippen molar-refractivity contribution in [2.24, 2.45) is 4.99 Å². The molecule has 27 heavy (non-hydrogen) atoms. The summed E-state index contributed by atoms with van der Waals surface area (Å²) < 4.78 is 31.7. The Balaban J connectivity index is 0.00000676. The number of guanidine groups is 1. The molecule has 0 heterocycles. The van der Waals surface area contributed by atoms with Crippen LogP contribution in [-0.2, 0) is 21.3 Å². The van der Waals surface area contributed by atoms with Crippen LogP contribution in [0.4, 0.5) is 0 Å². The van der Waals surface area contributed by atoms with E-state index in [1.807, 2.05) is 27.7 Å². The van der Waals surface area contributed by atoms with Crippen molar-refractivity contribution in [2.45, 2.75) is 50.8 Å². The second-order valence-electron chi connectivity index (χ2n) is 7.00. The first-order valence-corrected chi connectivity index (χ1v) is 10.0. The van der Waals surface area contributed by atoms with Crippen LogP contribution in [0.1, 0.15) is 33.3 Å². The van der Waals surface area contributed by atoms with Gasteiger partial charge in [0.15, 0.2) is 5.96 Å². The zero-order valence-corrected chi connectivity index (χ0v) is 20.4. The normalized spacial score (nSPS) is 12.9. The average molecular weight is 512 g/mol. The van der Waals surface area contributed by atoms with E-state index in [1.165, 1.54) is 4.31 Å². The predicted octanol–water partition coefficient (Wildman–Crippen LogP) is 2.42. The van der Waals surface area contributed by atoms with Gasteiger partial charge in [-0.3, -0.25) is 4.99 Å². The Morgan fingerprint density at radius 3 is 2.22 bits per heavy atom. The molecule has 0 fully saturated rings. The van der Waals surface area contributed by atoms with Gasteiger partial charge in [0.1, 0.15) is 0 Å². The molecule has 0 aliphatic heterocycles. The molecule has 0 bridgehead atoms. The third-order valence-electron chi connectivity index (χ3n) is 4.25. The first-order valence-electron chi connectivity index (χ1n) is 8.60. The summed E-state index contributed by atoms with van der Waals surface area (Å²) in [6, 6.07) is 6.79. The summed E-state index contributed by atoms with van der Waals surface area (Å²) in [6.45, 7) is 8.81. The number of halogens is 1. The van der Waals surface area contributed by atoms with E-state index in [1.54, 1.807) is 45.5 Å². The lowest BCUT2D eigenvalue weighted by Gasteiger charge is -2.24. The van der Waals surface area contributed by atoms with Gasteiger partial charge in [0.25, 0.3) is 0 Å². The van der Waals surface area contributed by atoms with E-state index in [0.717, 1.165) is 5.56 Å². The maximum absolute atomic E-state index is 12.5. The fraction of sp³-hybridized carbons (Fsp3) is 0.611. The van der Waals surface area contributed by atoms with Crippen molar-refractivity contribution in [2.75, 3.05) is 27.7 Å². The summed E-state index contributed by atoms with van der Waals surface area (Å²) in [5.74, 6) is 0.659. The molecule has 0 spiro atoms. The number of benzene rings is 1. The van der Waals surface area contributed by atoms with Crippen LogP contribution < -0.4 is 10.6 Å². The number of nitrogens with one attached hydrogen (secondary N) is 2. The minimum atomic E-state index is -3.46. The highest BCUT2D eigenvalue weighted by molar-refractivity contribution is 14.0. The van der Waals surface area contributed by atoms with Gasteiger partial charge >= 0.3 is 0 Å². The zero-order chi connectivity index (χ0) is 20.0. The predicted molar refractivity (Wildman–Crippen MR) is 121 cm³/mol. The molecule has 2 N–H and O–H groups in total. The Morgan fingerprint density at radius 2 is 1.78 bits per heavy atom. The Kier molecular flexibility index (Phi) is 10.8. The van der Waals surface area contributed by atoms with Crippen molar-refractivity contribution >= 4 is 40.0 Å². The molecule has 156 valence electrons. The van der Waals surface area contributed by atoms with Gasteiger partial charge in [-0.2, -0.15) is 4.31 Å². The topological polar surface area (TPSA) is 83.0 Å². The third kappa shape index (κ3) is 7.92. The molecule has 1 aromatic carbocycles. The van der Waals surface area contributed by atoms with E-state index in [0.29, 0.717) is 23.9 Å². The molecular weight excluding hydrogens is 479 g/mol. The van der Waals surface area contributed by atoms with Gasteiger partial charge in [0.05, 0.1) is 10.5 Å². The zero-order valence-electron chi connectivity index (χ0n) is 17.2. The number of sulfonamides is 1. The fourth-order valence-electron chi connectivity index (χ4n) is 2.00. The van der Waals surface area contributed by atoms with Gasteiger partial charge in [0.2, 0.25) is 10.0 Å². The smallest absolute Gasteiger partial charge is 0.243 e. The summed E-state index contributed by atoms with van der Waals surface area (Å²) in [5, 5.41) is 6.41.